The summed E-state index contributed by atoms with van der Waals surface area (Å²) in [5.74, 6) is -8.45. The number of aliphatic carboxylic acids is 2. The lowest BCUT2D eigenvalue weighted by Crippen LogP contribution is -2.40. The lowest BCUT2D eigenvalue weighted by atomic mass is 10.3. The van der Waals surface area contributed by atoms with E-state index in [1.807, 2.05) is 0 Å². The Morgan fingerprint density at radius 2 is 1.38 bits per heavy atom. The first-order valence-corrected chi connectivity index (χ1v) is 6.58. The molecular weight excluding hydrogens is 319 g/mol. The van der Waals surface area contributed by atoms with Crippen LogP contribution in [0.5, 0.6) is 0 Å². The van der Waals surface area contributed by atoms with Crippen LogP contribution in [0.1, 0.15) is 0 Å². The van der Waals surface area contributed by atoms with E-state index in [4.69, 9.17) is 10.2 Å². The Hall–Kier alpha value is -2.14. The molecule has 2 N–H and O–H groups in total. The third-order valence-corrected chi connectivity index (χ3v) is 4.03. The van der Waals surface area contributed by atoms with Crippen LogP contribution in [0.15, 0.2) is 17.0 Å². The van der Waals surface area contributed by atoms with Crippen LogP contribution in [-0.2, 0) is 19.6 Å². The highest BCUT2D eigenvalue weighted by molar-refractivity contribution is 7.89. The van der Waals surface area contributed by atoms with Gasteiger partial charge in [-0.2, -0.15) is 4.31 Å². The number of sulfonamides is 1. The van der Waals surface area contributed by atoms with E-state index in [1.165, 1.54) is 0 Å². The predicted molar refractivity (Wildman–Crippen MR) is 60.3 cm³/mol. The summed E-state index contributed by atoms with van der Waals surface area (Å²) in [6.45, 7) is -2.66. The average molecular weight is 327 g/mol. The van der Waals surface area contributed by atoms with Crippen LogP contribution >= 0.6 is 0 Å². The summed E-state index contributed by atoms with van der Waals surface area (Å²) in [7, 11) is -5.11. The standard InChI is InChI=1S/C10H8F3NO6S/c11-5-1-6(12)10(7(13)2-5)21(19,20)14(3-8(15)16)4-9(17)18/h1-2H,3-4H2,(H,15,16)(H,17,18). The van der Waals surface area contributed by atoms with Gasteiger partial charge in [-0.25, -0.2) is 21.6 Å². The monoisotopic (exact) mass is 327 g/mol. The Morgan fingerprint density at radius 1 is 1.00 bits per heavy atom. The van der Waals surface area contributed by atoms with Crippen LogP contribution in [0, 0.1) is 17.5 Å². The molecule has 1 aromatic carbocycles. The van der Waals surface area contributed by atoms with E-state index in [0.29, 0.717) is 0 Å². The molecule has 11 heteroatoms. The molecule has 0 fully saturated rings. The third kappa shape index (κ3) is 3.92. The van der Waals surface area contributed by atoms with Gasteiger partial charge in [0.2, 0.25) is 10.0 Å². The number of carbonyl (C=O) groups is 2. The van der Waals surface area contributed by atoms with E-state index < -0.39 is 57.4 Å². The summed E-state index contributed by atoms with van der Waals surface area (Å²) in [5, 5.41) is 17.1. The molecule has 7 nitrogen and oxygen atoms in total. The summed E-state index contributed by atoms with van der Waals surface area (Å²) in [4.78, 5) is 19.5. The highest BCUT2D eigenvalue weighted by Gasteiger charge is 2.34. The molecule has 0 radical (unpaired) electrons. The minimum Gasteiger partial charge on any atom is -0.480 e. The quantitative estimate of drug-likeness (QED) is 0.775. The number of rotatable bonds is 6. The summed E-state index contributed by atoms with van der Waals surface area (Å²) in [6.07, 6.45) is 0. The zero-order chi connectivity index (χ0) is 16.4. The van der Waals surface area contributed by atoms with Gasteiger partial charge in [-0.3, -0.25) is 9.59 Å². The normalized spacial score (nSPS) is 11.6. The van der Waals surface area contributed by atoms with Crippen LogP contribution < -0.4 is 0 Å². The van der Waals surface area contributed by atoms with E-state index in [1.54, 1.807) is 0 Å². The van der Waals surface area contributed by atoms with Gasteiger partial charge in [0.05, 0.1) is 0 Å². The third-order valence-electron chi connectivity index (χ3n) is 2.18. The number of hydrogen-bond donors (Lipinski definition) is 2. The van der Waals surface area contributed by atoms with Gasteiger partial charge < -0.3 is 10.2 Å². The van der Waals surface area contributed by atoms with Gasteiger partial charge >= 0.3 is 11.9 Å². The fraction of sp³-hybridized carbons (Fsp3) is 0.200. The number of benzene rings is 1. The molecule has 0 aliphatic carbocycles. The fourth-order valence-corrected chi connectivity index (χ4v) is 2.86. The molecule has 1 rings (SSSR count). The molecule has 0 atom stereocenters. The second-order valence-corrected chi connectivity index (χ2v) is 5.63. The predicted octanol–water partition coefficient (Wildman–Crippen LogP) is 0.264. The van der Waals surface area contributed by atoms with Crippen molar-refractivity contribution in [2.24, 2.45) is 0 Å². The molecule has 0 aliphatic rings. The largest absolute Gasteiger partial charge is 0.480 e. The first kappa shape index (κ1) is 16.9. The molecule has 0 heterocycles. The van der Waals surface area contributed by atoms with E-state index in [0.717, 1.165) is 0 Å². The second kappa shape index (κ2) is 6.10. The van der Waals surface area contributed by atoms with Gasteiger partial charge in [0.15, 0.2) is 4.90 Å². The van der Waals surface area contributed by atoms with Crippen molar-refractivity contribution in [1.82, 2.24) is 4.31 Å². The van der Waals surface area contributed by atoms with E-state index in [-0.39, 0.29) is 16.4 Å². The molecule has 0 amide bonds. The van der Waals surface area contributed by atoms with Crippen molar-refractivity contribution in [3.63, 3.8) is 0 Å². The van der Waals surface area contributed by atoms with Gasteiger partial charge in [0.1, 0.15) is 30.5 Å². The van der Waals surface area contributed by atoms with E-state index >= 15 is 0 Å². The molecule has 0 aromatic heterocycles. The van der Waals surface area contributed by atoms with Crippen molar-refractivity contribution in [3.05, 3.63) is 29.6 Å². The van der Waals surface area contributed by atoms with Crippen molar-refractivity contribution in [2.45, 2.75) is 4.90 Å². The number of hydrogen-bond acceptors (Lipinski definition) is 4. The first-order chi connectivity index (χ1) is 9.55. The number of halogens is 3. The van der Waals surface area contributed by atoms with Crippen molar-refractivity contribution in [3.8, 4) is 0 Å². The minimum absolute atomic E-state index is 0.0790. The highest BCUT2D eigenvalue weighted by atomic mass is 32.2. The summed E-state index contributed by atoms with van der Waals surface area (Å²) in [5.41, 5.74) is 0. The number of carboxylic acid groups (broad SMARTS) is 2. The molecule has 1 aromatic rings. The molecule has 0 unspecified atom stereocenters. The van der Waals surface area contributed by atoms with Gasteiger partial charge in [0.25, 0.3) is 0 Å². The summed E-state index contributed by atoms with van der Waals surface area (Å²) < 4.78 is 63.4. The van der Waals surface area contributed by atoms with Crippen LogP contribution in [0.3, 0.4) is 0 Å². The smallest absolute Gasteiger partial charge is 0.318 e. The maximum Gasteiger partial charge on any atom is 0.318 e. The van der Waals surface area contributed by atoms with Gasteiger partial charge in [-0.15, -0.1) is 0 Å². The maximum absolute atomic E-state index is 13.5. The summed E-state index contributed by atoms with van der Waals surface area (Å²) >= 11 is 0. The Labute approximate surface area is 116 Å². The van der Waals surface area contributed by atoms with E-state index in [2.05, 4.69) is 0 Å². The topological polar surface area (TPSA) is 112 Å². The van der Waals surface area contributed by atoms with Crippen molar-refractivity contribution < 1.29 is 41.4 Å². The molecular formula is C10H8F3NO6S. The van der Waals surface area contributed by atoms with Crippen LogP contribution in [0.25, 0.3) is 0 Å². The van der Waals surface area contributed by atoms with Crippen molar-refractivity contribution >= 4 is 22.0 Å². The summed E-state index contributed by atoms with van der Waals surface area (Å²) in [6, 6.07) is 0.158. The molecule has 0 bridgehead atoms. The Kier molecular flexibility index (Phi) is 4.91. The molecule has 0 aliphatic heterocycles. The van der Waals surface area contributed by atoms with Crippen LogP contribution in [-0.4, -0.2) is 48.0 Å². The lowest BCUT2D eigenvalue weighted by Gasteiger charge is -2.19. The number of carboxylic acids is 2. The zero-order valence-corrected chi connectivity index (χ0v) is 10.9. The SMILES string of the molecule is O=C(O)CN(CC(=O)O)S(=O)(=O)c1c(F)cc(F)cc1F. The zero-order valence-electron chi connectivity index (χ0n) is 10.1. The molecule has 0 saturated heterocycles. The highest BCUT2D eigenvalue weighted by Crippen LogP contribution is 2.23. The first-order valence-electron chi connectivity index (χ1n) is 5.14. The molecule has 0 saturated carbocycles. The second-order valence-electron chi connectivity index (χ2n) is 3.76. The maximum atomic E-state index is 13.5. The molecule has 0 spiro atoms. The van der Waals surface area contributed by atoms with Gasteiger partial charge in [-0.05, 0) is 0 Å². The van der Waals surface area contributed by atoms with Gasteiger partial charge in [0, 0.05) is 12.1 Å². The molecule has 21 heavy (non-hydrogen) atoms. The Bertz CT molecular complexity index is 651. The van der Waals surface area contributed by atoms with Crippen molar-refractivity contribution in [1.29, 1.82) is 0 Å². The van der Waals surface area contributed by atoms with Crippen molar-refractivity contribution in [2.75, 3.05) is 13.1 Å². The average Bonchev–Trinajstić information content (AvgIpc) is 2.24. The van der Waals surface area contributed by atoms with E-state index in [9.17, 15) is 31.2 Å². The van der Waals surface area contributed by atoms with Crippen LogP contribution in [0.2, 0.25) is 0 Å². The number of nitrogens with zero attached hydrogens (tertiary/aromatic N) is 1. The fourth-order valence-electron chi connectivity index (χ4n) is 1.43. The Balaban J connectivity index is 3.42. The van der Waals surface area contributed by atoms with Crippen LogP contribution in [0.4, 0.5) is 13.2 Å². The Morgan fingerprint density at radius 3 is 1.71 bits per heavy atom. The van der Waals surface area contributed by atoms with Gasteiger partial charge in [-0.1, -0.05) is 0 Å². The lowest BCUT2D eigenvalue weighted by molar-refractivity contribution is -0.139. The minimum atomic E-state index is -5.11. The molecule has 116 valence electrons.